The Labute approximate surface area is 757 Å². The van der Waals surface area contributed by atoms with Crippen LogP contribution in [0.5, 0.6) is 11.5 Å². The largest absolute Gasteiger partial charge is 0.506 e. The van der Waals surface area contributed by atoms with Gasteiger partial charge >= 0.3 is 0 Å². The van der Waals surface area contributed by atoms with Gasteiger partial charge in [-0.05, 0) is 163 Å². The molecule has 134 heavy (non-hydrogen) atoms. The second-order valence-corrected chi connectivity index (χ2v) is 34.7. The minimum absolute atomic E-state index is 0.0280. The molecule has 7 aromatic heterocycles. The molecule has 0 radical (unpaired) electrons. The molecule has 0 fully saturated rings. The van der Waals surface area contributed by atoms with Crippen LogP contribution < -0.4 is 32.0 Å². The number of nitrogens with zero attached hydrogens (tertiary/aromatic N) is 11. The summed E-state index contributed by atoms with van der Waals surface area (Å²) in [5.74, 6) is -2.89. The minimum Gasteiger partial charge on any atom is -0.506 e. The number of para-hydroxylation sites is 10. The monoisotopic (exact) mass is 1740 g/mol. The maximum atomic E-state index is 16.4. The van der Waals surface area contributed by atoms with Crippen molar-refractivity contribution >= 4 is 155 Å². The van der Waals surface area contributed by atoms with Crippen molar-refractivity contribution in [1.29, 1.82) is 0 Å². The van der Waals surface area contributed by atoms with E-state index in [1.165, 1.54) is 65.2 Å². The zero-order chi connectivity index (χ0) is 90.3. The number of aromatic hydroxyl groups is 2. The fraction of sp³-hybridized carbons (Fsp3) is 0.0265. The Hall–Kier alpha value is -18.5. The van der Waals surface area contributed by atoms with E-state index in [0.29, 0.717) is 56.6 Å². The van der Waals surface area contributed by atoms with E-state index in [4.69, 9.17) is 9.97 Å². The van der Waals surface area contributed by atoms with Gasteiger partial charge in [0.25, 0.3) is 45.9 Å². The van der Waals surface area contributed by atoms with Crippen molar-refractivity contribution in [1.82, 2.24) is 41.9 Å². The first kappa shape index (κ1) is 76.7. The fourth-order valence-electron chi connectivity index (χ4n) is 21.0. The number of hydrogen-bond donors (Lipinski definition) is 2. The highest BCUT2D eigenvalue weighted by Crippen LogP contribution is 2.49. The number of phenols is 2. The molecule has 0 bridgehead atoms. The minimum atomic E-state index is -1.20. The van der Waals surface area contributed by atoms with E-state index in [9.17, 15) is 10.2 Å². The molecule has 21 heteroatoms. The van der Waals surface area contributed by atoms with E-state index < -0.39 is 62.8 Å². The van der Waals surface area contributed by atoms with E-state index >= 15 is 38.4 Å². The summed E-state index contributed by atoms with van der Waals surface area (Å²) in [6.07, 6.45) is 0. The molecule has 0 aliphatic carbocycles. The zero-order valence-corrected chi connectivity index (χ0v) is 71.1. The molecule has 21 nitrogen and oxygen atoms in total. The van der Waals surface area contributed by atoms with E-state index in [2.05, 4.69) is 62.2 Å². The average Bonchev–Trinajstić information content (AvgIpc) is 0.831. The normalized spacial score (nSPS) is 13.1. The first-order valence-electron chi connectivity index (χ1n) is 43.8. The molecule has 0 saturated heterocycles. The smallest absolute Gasteiger partial charge is 0.266 e. The third kappa shape index (κ3) is 10.8. The van der Waals surface area contributed by atoms with Gasteiger partial charge in [0.15, 0.2) is 0 Å². The SMILES string of the molecule is CC(C)(c1ccc(O)c(N2C(=O)c3ccc4c5c(ccc(c35)C2=O)C(=O)N(c2cc(-n3c(-c5ccccc5)nc5ccccc53)cc(-n3c(-c5ccccc5)nc5ccccc53)c2)C4=O)c1)c1ccc(O)c(-n2c(=O)c3cc4c(=O)n(-c5c(-n6c7ccccc7c7ccccc76)cc(-n6c7ccccc7c7ccccc76)cc5-n5c6ccccc6c6ccccc65)c(=O)c4cc3c2=O)c1. The molecule has 9 heterocycles. The van der Waals surface area contributed by atoms with Crippen molar-refractivity contribution in [3.05, 3.63) is 433 Å². The maximum absolute atomic E-state index is 16.4. The highest BCUT2D eigenvalue weighted by Gasteiger charge is 2.43. The van der Waals surface area contributed by atoms with Crippen LogP contribution in [-0.4, -0.2) is 75.8 Å². The molecule has 17 aromatic carbocycles. The molecule has 24 aromatic rings. The molecule has 0 spiro atoms. The van der Waals surface area contributed by atoms with Crippen molar-refractivity contribution in [2.45, 2.75) is 19.3 Å². The molecule has 2 aliphatic heterocycles. The van der Waals surface area contributed by atoms with Crippen LogP contribution in [0.25, 0.3) is 182 Å². The van der Waals surface area contributed by atoms with Crippen LogP contribution in [0.4, 0.5) is 11.4 Å². The van der Waals surface area contributed by atoms with Crippen LogP contribution in [0.1, 0.15) is 66.4 Å². The number of anilines is 2. The molecular weight excluding hydrogens is 1670 g/mol. The zero-order valence-electron chi connectivity index (χ0n) is 71.1. The lowest BCUT2D eigenvalue weighted by molar-refractivity contribution is 0.0872. The van der Waals surface area contributed by atoms with Gasteiger partial charge in [0.2, 0.25) is 0 Å². The maximum Gasteiger partial charge on any atom is 0.266 e. The molecule has 2 N–H and O–H groups in total. The fourth-order valence-corrected chi connectivity index (χ4v) is 21.0. The first-order valence-corrected chi connectivity index (χ1v) is 43.8. The Kier molecular flexibility index (Phi) is 16.2. The van der Waals surface area contributed by atoms with Gasteiger partial charge in [-0.1, -0.05) is 220 Å². The van der Waals surface area contributed by atoms with Gasteiger partial charge in [0, 0.05) is 81.9 Å². The van der Waals surface area contributed by atoms with E-state index in [-0.39, 0.29) is 77.3 Å². The summed E-state index contributed by atoms with van der Waals surface area (Å²) in [6.45, 7) is 3.61. The molecule has 2 aliphatic rings. The van der Waals surface area contributed by atoms with Crippen LogP contribution >= 0.6 is 0 Å². The lowest BCUT2D eigenvalue weighted by Crippen LogP contribution is -2.43. The summed E-state index contributed by atoms with van der Waals surface area (Å²) in [7, 11) is 0. The van der Waals surface area contributed by atoms with Gasteiger partial charge in [-0.2, -0.15) is 0 Å². The van der Waals surface area contributed by atoms with Gasteiger partial charge < -0.3 is 23.9 Å². The molecule has 0 unspecified atom stereocenters. The summed E-state index contributed by atoms with van der Waals surface area (Å²) in [5, 5.41) is 29.3. The molecule has 4 amide bonds. The number of hydrogen-bond acceptors (Lipinski definition) is 12. The van der Waals surface area contributed by atoms with Crippen molar-refractivity contribution in [3.63, 3.8) is 0 Å². The Bertz CT molecular complexity index is 9110. The lowest BCUT2D eigenvalue weighted by Gasteiger charge is -2.33. The van der Waals surface area contributed by atoms with Gasteiger partial charge in [-0.3, -0.25) is 47.5 Å². The number of fused-ring (bicyclic) bond motifs is 13. The number of carbonyl (C=O) groups is 4. The number of imide groups is 2. The molecule has 26 rings (SSSR count). The average molecular weight is 1740 g/mol. The number of benzene rings is 17. The van der Waals surface area contributed by atoms with Gasteiger partial charge in [-0.15, -0.1) is 0 Å². The van der Waals surface area contributed by atoms with Gasteiger partial charge in [0.05, 0.1) is 122 Å². The van der Waals surface area contributed by atoms with Crippen molar-refractivity contribution in [2.24, 2.45) is 0 Å². The third-order valence-corrected chi connectivity index (χ3v) is 27.3. The van der Waals surface area contributed by atoms with Crippen molar-refractivity contribution in [3.8, 4) is 74.1 Å². The third-order valence-electron chi connectivity index (χ3n) is 27.3. The molecule has 0 atom stereocenters. The Morgan fingerprint density at radius 1 is 0.239 bits per heavy atom. The number of imidazole rings is 2. The lowest BCUT2D eigenvalue weighted by atomic mass is 9.77. The number of phenolic OH excluding ortho intramolecular Hbond substituents is 2. The number of carbonyl (C=O) groups excluding carboxylic acids is 4. The Balaban J connectivity index is 0.573. The summed E-state index contributed by atoms with van der Waals surface area (Å²) in [5.41, 5.74) is 8.69. The summed E-state index contributed by atoms with van der Waals surface area (Å²) in [4.78, 5) is 139. The highest BCUT2D eigenvalue weighted by molar-refractivity contribution is 6.42. The second-order valence-electron chi connectivity index (χ2n) is 34.7. The molecule has 0 saturated carbocycles. The predicted molar refractivity (Wildman–Crippen MR) is 525 cm³/mol. The van der Waals surface area contributed by atoms with Crippen molar-refractivity contribution in [2.75, 3.05) is 9.80 Å². The van der Waals surface area contributed by atoms with Crippen LogP contribution in [0.2, 0.25) is 0 Å². The van der Waals surface area contributed by atoms with E-state index in [0.717, 1.165) is 108 Å². The van der Waals surface area contributed by atoms with Crippen LogP contribution in [0, 0.1) is 0 Å². The number of rotatable bonds is 13. The molecule has 634 valence electrons. The number of amides is 4. The van der Waals surface area contributed by atoms with Gasteiger partial charge in [0.1, 0.15) is 28.8 Å². The summed E-state index contributed by atoms with van der Waals surface area (Å²) in [6, 6.07) is 110. The Morgan fingerprint density at radius 2 is 0.545 bits per heavy atom. The summed E-state index contributed by atoms with van der Waals surface area (Å²) >= 11 is 0. The van der Waals surface area contributed by atoms with Crippen LogP contribution in [-0.2, 0) is 5.41 Å². The van der Waals surface area contributed by atoms with Crippen LogP contribution in [0.3, 0.4) is 0 Å². The van der Waals surface area contributed by atoms with Gasteiger partial charge in [-0.25, -0.2) is 28.9 Å². The predicted octanol–water partition coefficient (Wildman–Crippen LogP) is 21.7. The summed E-state index contributed by atoms with van der Waals surface area (Å²) < 4.78 is 12.4. The Morgan fingerprint density at radius 3 is 0.933 bits per heavy atom. The number of aromatic nitrogens is 9. The highest BCUT2D eigenvalue weighted by atomic mass is 16.3. The van der Waals surface area contributed by atoms with E-state index in [1.807, 2.05) is 247 Å². The van der Waals surface area contributed by atoms with Crippen LogP contribution in [0.15, 0.2) is 377 Å². The standard InChI is InChI=1S/C113H67N11O10/c1-113(2,64-45-51-98(125)94(53-64)122-107(129)78-49-47-76-100-77(48-50-79(101(78)100)108(122)130)106(128)119(105(76)127)68-56-66(117-92-43-23-15-35-84(92)114-103(117)62-25-5-3-6-26-62)55-67(57-68)118-93-44-24-16-36-85(93)115-104(118)63-27-7-4-8-28-63)65-46-52-99(126)95(54-65)123-109(131)80-60-82-83(61-81(80)110(123)132)112(134)124(111(82)133)102-96(120-88-39-19-11-31-72(88)73-32-12-20-40-89(73)120)58-69(116-86-37-17-9-29-70(86)71-30-10-18-38-87(71)116)59-97(102)121-90-41-21-13-33-74(90)75-34-14-22-42-91(75)121/h3-61,125-126H,1-2H3. The van der Waals surface area contributed by atoms with Crippen molar-refractivity contribution < 1.29 is 29.4 Å². The van der Waals surface area contributed by atoms with E-state index in [1.54, 1.807) is 24.3 Å². The second kappa shape index (κ2) is 28.3. The molecular formula is C113H67N11O10. The quantitative estimate of drug-likeness (QED) is 0.102. The first-order chi connectivity index (χ1) is 65.4. The topological polar surface area (TPSA) is 244 Å².